The van der Waals surface area contributed by atoms with Crippen LogP contribution in [0.3, 0.4) is 0 Å². The molecule has 2 heterocycles. The van der Waals surface area contributed by atoms with Gasteiger partial charge in [-0.3, -0.25) is 9.59 Å². The number of nitrogens with zero attached hydrogens (tertiary/aromatic N) is 2. The van der Waals surface area contributed by atoms with Crippen LogP contribution >= 0.6 is 0 Å². The number of methoxy groups -OCH3 is 1. The van der Waals surface area contributed by atoms with Crippen molar-refractivity contribution in [3.05, 3.63) is 53.1 Å². The van der Waals surface area contributed by atoms with Gasteiger partial charge in [0.15, 0.2) is 0 Å². The van der Waals surface area contributed by atoms with E-state index in [0.717, 1.165) is 57.0 Å². The van der Waals surface area contributed by atoms with E-state index in [1.54, 1.807) is 19.2 Å². The van der Waals surface area contributed by atoms with Gasteiger partial charge in [-0.1, -0.05) is 25.3 Å². The topological polar surface area (TPSA) is 110 Å². The third kappa shape index (κ3) is 4.68. The van der Waals surface area contributed by atoms with Crippen LogP contribution in [0.1, 0.15) is 85.7 Å². The van der Waals surface area contributed by atoms with E-state index >= 15 is 0 Å². The second-order valence-corrected chi connectivity index (χ2v) is 14.5. The van der Waals surface area contributed by atoms with Gasteiger partial charge in [0.1, 0.15) is 5.75 Å². The van der Waals surface area contributed by atoms with Gasteiger partial charge < -0.3 is 14.6 Å². The van der Waals surface area contributed by atoms with Gasteiger partial charge in [0.2, 0.25) is 5.91 Å². The van der Waals surface area contributed by atoms with Gasteiger partial charge in [-0.05, 0) is 80.5 Å². The molecule has 2 saturated carbocycles. The molecular formula is C32H40N4O5S. The van der Waals surface area contributed by atoms with E-state index in [1.165, 1.54) is 38.9 Å². The highest BCUT2D eigenvalue weighted by Gasteiger charge is 2.62. The van der Waals surface area contributed by atoms with Crippen LogP contribution < -0.4 is 14.8 Å². The number of hydrogen-bond donors (Lipinski definition) is 2. The summed E-state index contributed by atoms with van der Waals surface area (Å²) >= 11 is 0. The summed E-state index contributed by atoms with van der Waals surface area (Å²) in [5, 5.41) is 4.24. The van der Waals surface area contributed by atoms with Crippen molar-refractivity contribution in [2.45, 2.75) is 76.8 Å². The Morgan fingerprint density at radius 3 is 2.48 bits per heavy atom. The molecule has 3 aliphatic rings. The van der Waals surface area contributed by atoms with Crippen molar-refractivity contribution in [2.75, 3.05) is 21.2 Å². The van der Waals surface area contributed by atoms with Gasteiger partial charge in [0.05, 0.1) is 18.2 Å². The Kier molecular flexibility index (Phi) is 7.13. The van der Waals surface area contributed by atoms with E-state index < -0.39 is 21.5 Å². The largest absolute Gasteiger partial charge is 0.497 e. The average molecular weight is 593 g/mol. The first-order valence-electron chi connectivity index (χ1n) is 14.9. The van der Waals surface area contributed by atoms with E-state index in [4.69, 9.17) is 4.74 Å². The molecule has 0 spiro atoms. The van der Waals surface area contributed by atoms with Crippen LogP contribution in [0, 0.1) is 5.41 Å². The maximum absolute atomic E-state index is 13.8. The smallest absolute Gasteiger partial charge is 0.303 e. The van der Waals surface area contributed by atoms with Crippen molar-refractivity contribution >= 4 is 32.9 Å². The van der Waals surface area contributed by atoms with Crippen LogP contribution in [0.4, 0.5) is 0 Å². The van der Waals surface area contributed by atoms with Gasteiger partial charge in [-0.2, -0.15) is 12.7 Å². The van der Waals surface area contributed by atoms with Crippen LogP contribution in [0.5, 0.6) is 5.75 Å². The quantitative estimate of drug-likeness (QED) is 0.405. The Bertz CT molecular complexity index is 1690. The molecule has 6 rings (SSSR count). The van der Waals surface area contributed by atoms with Crippen molar-refractivity contribution in [2.24, 2.45) is 5.41 Å². The predicted octanol–water partition coefficient (Wildman–Crippen LogP) is 4.91. The van der Waals surface area contributed by atoms with E-state index in [0.29, 0.717) is 12.5 Å². The fourth-order valence-corrected chi connectivity index (χ4v) is 7.65. The molecule has 10 heteroatoms. The molecule has 2 unspecified atom stereocenters. The third-order valence-corrected chi connectivity index (χ3v) is 10.8. The lowest BCUT2D eigenvalue weighted by Gasteiger charge is -2.24. The molecule has 2 aliphatic carbocycles. The van der Waals surface area contributed by atoms with Gasteiger partial charge in [0, 0.05) is 54.6 Å². The molecule has 224 valence electrons. The van der Waals surface area contributed by atoms with Crippen molar-refractivity contribution < 1.29 is 22.7 Å². The molecule has 2 atom stereocenters. The fraction of sp³-hybridized carbons (Fsp3) is 0.500. The van der Waals surface area contributed by atoms with Gasteiger partial charge in [0.25, 0.3) is 5.91 Å². The maximum Gasteiger partial charge on any atom is 0.303 e. The maximum atomic E-state index is 13.8. The zero-order valence-corrected chi connectivity index (χ0v) is 25.8. The van der Waals surface area contributed by atoms with Crippen molar-refractivity contribution in [1.29, 1.82) is 0 Å². The molecule has 3 aromatic rings. The molecule has 0 radical (unpaired) electrons. The lowest BCUT2D eigenvalue weighted by Crippen LogP contribution is -2.39. The number of rotatable bonds is 7. The first kappa shape index (κ1) is 28.7. The molecule has 42 heavy (non-hydrogen) atoms. The highest BCUT2D eigenvalue weighted by molar-refractivity contribution is 7.87. The number of amides is 2. The lowest BCUT2D eigenvalue weighted by atomic mass is 9.81. The first-order chi connectivity index (χ1) is 20.0. The number of aromatic nitrogens is 1. The summed E-state index contributed by atoms with van der Waals surface area (Å²) in [4.78, 5) is 27.0. The van der Waals surface area contributed by atoms with Crippen molar-refractivity contribution in [3.63, 3.8) is 0 Å². The predicted molar refractivity (Wildman–Crippen MR) is 163 cm³/mol. The summed E-state index contributed by atoms with van der Waals surface area (Å²) in [5.74, 6) is 0.527. The second kappa shape index (κ2) is 10.4. The molecule has 2 amide bonds. The highest BCUT2D eigenvalue weighted by Crippen LogP contribution is 2.65. The third-order valence-electron chi connectivity index (χ3n) is 9.36. The molecule has 9 nitrogen and oxygen atoms in total. The molecule has 2 fully saturated rings. The zero-order chi connectivity index (χ0) is 30.0. The summed E-state index contributed by atoms with van der Waals surface area (Å²) in [7, 11) is 0.466. The standard InChI is InChI=1S/C32H40N4O5S/c1-19(2)33-31(38)32-17-26(32)25-16-22(41-5)12-14-23(25)29-28(20-9-7-6-8-10-20)24-13-11-21(15-27(24)36(29)18-32)30(37)34-42(39,40)35(3)4/h11-16,19-20,26H,6-10,17-18H2,1-5H3,(H,33,38)(H,34,37). The zero-order valence-electron chi connectivity index (χ0n) is 25.0. The van der Waals surface area contributed by atoms with Gasteiger partial charge in [-0.15, -0.1) is 0 Å². The van der Waals surface area contributed by atoms with Crippen LogP contribution in [-0.2, 0) is 21.5 Å². The molecular weight excluding hydrogens is 552 g/mol. The Morgan fingerprint density at radius 2 is 1.81 bits per heavy atom. The number of nitrogens with one attached hydrogen (secondary N) is 2. The van der Waals surface area contributed by atoms with Crippen LogP contribution in [-0.4, -0.2) is 56.4 Å². The Morgan fingerprint density at radius 1 is 1.07 bits per heavy atom. The van der Waals surface area contributed by atoms with E-state index in [9.17, 15) is 18.0 Å². The number of hydrogen-bond acceptors (Lipinski definition) is 5. The second-order valence-electron chi connectivity index (χ2n) is 12.6. The summed E-state index contributed by atoms with van der Waals surface area (Å²) in [6, 6.07) is 11.7. The monoisotopic (exact) mass is 592 g/mol. The summed E-state index contributed by atoms with van der Waals surface area (Å²) in [6.45, 7) is 4.43. The van der Waals surface area contributed by atoms with Crippen LogP contribution in [0.25, 0.3) is 22.2 Å². The van der Waals surface area contributed by atoms with E-state index in [1.807, 2.05) is 26.0 Å². The minimum absolute atomic E-state index is 0.00813. The Hall–Kier alpha value is -3.37. The molecule has 1 aliphatic heterocycles. The minimum Gasteiger partial charge on any atom is -0.497 e. The molecule has 2 aromatic carbocycles. The molecule has 0 bridgehead atoms. The summed E-state index contributed by atoms with van der Waals surface area (Å²) < 4.78 is 35.9. The molecule has 2 N–H and O–H groups in total. The minimum atomic E-state index is -3.95. The van der Waals surface area contributed by atoms with Crippen molar-refractivity contribution in [1.82, 2.24) is 18.9 Å². The van der Waals surface area contributed by atoms with Crippen LogP contribution in [0.2, 0.25) is 0 Å². The van der Waals surface area contributed by atoms with Gasteiger partial charge >= 0.3 is 10.2 Å². The Balaban J connectivity index is 1.59. The van der Waals surface area contributed by atoms with Gasteiger partial charge in [-0.25, -0.2) is 4.72 Å². The van der Waals surface area contributed by atoms with E-state index in [2.05, 4.69) is 26.7 Å². The number of ether oxygens (including phenoxy) is 1. The number of benzene rings is 2. The molecule has 0 saturated heterocycles. The summed E-state index contributed by atoms with van der Waals surface area (Å²) in [5.41, 5.74) is 5.10. The average Bonchev–Trinajstić information content (AvgIpc) is 3.63. The van der Waals surface area contributed by atoms with E-state index in [-0.39, 0.29) is 23.4 Å². The SMILES string of the molecule is COc1ccc2c(c1)C1CC1(C(=O)NC(C)C)Cn1c-2c(C2CCCCC2)c2ccc(C(=O)NS(=O)(=O)N(C)C)cc21. The normalized spacial score (nSPS) is 21.8. The Labute approximate surface area is 247 Å². The fourth-order valence-electron chi connectivity index (χ4n) is 7.11. The molecule has 1 aromatic heterocycles. The number of carbonyl (C=O) groups excluding carboxylic acids is 2. The number of carbonyl (C=O) groups is 2. The number of fused-ring (bicyclic) bond motifs is 7. The first-order valence-corrected chi connectivity index (χ1v) is 16.3. The van der Waals surface area contributed by atoms with Crippen LogP contribution in [0.15, 0.2) is 36.4 Å². The van der Waals surface area contributed by atoms with Crippen molar-refractivity contribution in [3.8, 4) is 17.0 Å². The lowest BCUT2D eigenvalue weighted by molar-refractivity contribution is -0.127. The summed E-state index contributed by atoms with van der Waals surface area (Å²) in [6.07, 6.45) is 6.46. The highest BCUT2D eigenvalue weighted by atomic mass is 32.2.